The van der Waals surface area contributed by atoms with Crippen molar-refractivity contribution in [2.45, 2.75) is 20.4 Å². The molecule has 108 valence electrons. The van der Waals surface area contributed by atoms with Gasteiger partial charge in [-0.15, -0.1) is 12.4 Å². The number of hydrogen-bond donors (Lipinski definition) is 1. The van der Waals surface area contributed by atoms with Gasteiger partial charge < -0.3 is 15.4 Å². The van der Waals surface area contributed by atoms with E-state index in [2.05, 4.69) is 0 Å². The summed E-state index contributed by atoms with van der Waals surface area (Å²) in [5.74, 6) is 0.832. The Labute approximate surface area is 121 Å². The lowest BCUT2D eigenvalue weighted by Gasteiger charge is -2.28. The van der Waals surface area contributed by atoms with Crippen LogP contribution in [0.2, 0.25) is 0 Å². The van der Waals surface area contributed by atoms with Gasteiger partial charge in [0.1, 0.15) is 5.75 Å². The maximum Gasteiger partial charge on any atom is 0.229 e. The van der Waals surface area contributed by atoms with Crippen molar-refractivity contribution in [2.24, 2.45) is 11.1 Å². The van der Waals surface area contributed by atoms with Crippen molar-refractivity contribution in [3.63, 3.8) is 0 Å². The molecule has 4 nitrogen and oxygen atoms in total. The number of hydrogen-bond acceptors (Lipinski definition) is 3. The Kier molecular flexibility index (Phi) is 6.87. The second-order valence-electron chi connectivity index (χ2n) is 5.06. The number of ether oxygens (including phenoxy) is 1. The smallest absolute Gasteiger partial charge is 0.229 e. The van der Waals surface area contributed by atoms with Crippen LogP contribution in [0.15, 0.2) is 24.3 Å². The van der Waals surface area contributed by atoms with Crippen LogP contribution >= 0.6 is 12.4 Å². The lowest BCUT2D eigenvalue weighted by Crippen LogP contribution is -2.42. The Bertz CT molecular complexity index is 422. The number of nitrogens with zero attached hydrogens (tertiary/aromatic N) is 1. The summed E-state index contributed by atoms with van der Waals surface area (Å²) in [5.41, 5.74) is 6.08. The van der Waals surface area contributed by atoms with E-state index < -0.39 is 5.41 Å². The second-order valence-corrected chi connectivity index (χ2v) is 5.06. The normalized spacial score (nSPS) is 10.6. The van der Waals surface area contributed by atoms with E-state index in [1.54, 1.807) is 19.1 Å². The van der Waals surface area contributed by atoms with Crippen LogP contribution in [-0.2, 0) is 11.3 Å². The van der Waals surface area contributed by atoms with Gasteiger partial charge in [-0.3, -0.25) is 4.79 Å². The summed E-state index contributed by atoms with van der Waals surface area (Å²) in [6, 6.07) is 7.69. The fraction of sp³-hybridized carbons (Fsp3) is 0.500. The van der Waals surface area contributed by atoms with Gasteiger partial charge in [-0.25, -0.2) is 0 Å². The molecule has 0 atom stereocenters. The van der Waals surface area contributed by atoms with E-state index in [1.807, 2.05) is 38.1 Å². The van der Waals surface area contributed by atoms with Crippen LogP contribution in [0.3, 0.4) is 0 Å². The zero-order valence-electron chi connectivity index (χ0n) is 12.0. The number of nitrogens with two attached hydrogens (primary N) is 1. The third kappa shape index (κ3) is 4.40. The number of carbonyl (C=O) groups excluding carboxylic acids is 1. The molecule has 1 amide bonds. The first kappa shape index (κ1) is 17.7. The number of para-hydroxylation sites is 1. The Hall–Kier alpha value is -1.26. The number of benzene rings is 1. The molecular formula is C14H23ClN2O2. The van der Waals surface area contributed by atoms with Crippen molar-refractivity contribution < 1.29 is 9.53 Å². The van der Waals surface area contributed by atoms with Crippen LogP contribution in [-0.4, -0.2) is 31.5 Å². The molecule has 0 spiro atoms. The minimum absolute atomic E-state index is 0. The fourth-order valence-corrected chi connectivity index (χ4v) is 1.76. The van der Waals surface area contributed by atoms with Gasteiger partial charge in [0.25, 0.3) is 0 Å². The Balaban J connectivity index is 0.00000324. The minimum Gasteiger partial charge on any atom is -0.496 e. The van der Waals surface area contributed by atoms with Gasteiger partial charge >= 0.3 is 0 Å². The van der Waals surface area contributed by atoms with Crippen molar-refractivity contribution >= 4 is 18.3 Å². The maximum absolute atomic E-state index is 12.2. The highest BCUT2D eigenvalue weighted by atomic mass is 35.5. The highest BCUT2D eigenvalue weighted by Crippen LogP contribution is 2.22. The molecule has 0 bridgehead atoms. The monoisotopic (exact) mass is 286 g/mol. The lowest BCUT2D eigenvalue weighted by atomic mass is 9.92. The molecule has 0 heterocycles. The van der Waals surface area contributed by atoms with E-state index >= 15 is 0 Å². The molecule has 0 unspecified atom stereocenters. The molecule has 1 aromatic rings. The average molecular weight is 287 g/mol. The molecular weight excluding hydrogens is 264 g/mol. The predicted molar refractivity (Wildman–Crippen MR) is 79.6 cm³/mol. The Morgan fingerprint density at radius 1 is 1.37 bits per heavy atom. The molecule has 19 heavy (non-hydrogen) atoms. The van der Waals surface area contributed by atoms with E-state index in [1.165, 1.54) is 0 Å². The van der Waals surface area contributed by atoms with Crippen molar-refractivity contribution in [3.8, 4) is 5.75 Å². The number of rotatable bonds is 5. The summed E-state index contributed by atoms with van der Waals surface area (Å²) in [6.45, 7) is 4.57. The SMILES string of the molecule is COc1ccccc1CN(C)C(=O)C(C)(C)CN.Cl. The predicted octanol–water partition coefficient (Wildman–Crippen LogP) is 2.06. The summed E-state index contributed by atoms with van der Waals surface area (Å²) in [6.07, 6.45) is 0. The molecule has 0 aliphatic heterocycles. The van der Waals surface area contributed by atoms with Crippen molar-refractivity contribution in [1.29, 1.82) is 0 Å². The van der Waals surface area contributed by atoms with E-state index in [9.17, 15) is 4.79 Å². The van der Waals surface area contributed by atoms with Crippen molar-refractivity contribution in [1.82, 2.24) is 4.90 Å². The van der Waals surface area contributed by atoms with E-state index in [4.69, 9.17) is 10.5 Å². The van der Waals surface area contributed by atoms with Crippen LogP contribution in [0.1, 0.15) is 19.4 Å². The molecule has 2 N–H and O–H groups in total. The standard InChI is InChI=1S/C14H22N2O2.ClH/c1-14(2,10-15)13(17)16(3)9-11-7-5-6-8-12(11)18-4;/h5-8H,9-10,15H2,1-4H3;1H. The summed E-state index contributed by atoms with van der Waals surface area (Å²) >= 11 is 0. The van der Waals surface area contributed by atoms with Gasteiger partial charge in [0.05, 0.1) is 12.5 Å². The summed E-state index contributed by atoms with van der Waals surface area (Å²) in [7, 11) is 3.41. The molecule has 0 aliphatic carbocycles. The number of methoxy groups -OCH3 is 1. The highest BCUT2D eigenvalue weighted by Gasteiger charge is 2.29. The molecule has 1 rings (SSSR count). The number of halogens is 1. The van der Waals surface area contributed by atoms with Crippen LogP contribution < -0.4 is 10.5 Å². The molecule has 0 saturated heterocycles. The molecule has 0 aromatic heterocycles. The highest BCUT2D eigenvalue weighted by molar-refractivity contribution is 5.85. The molecule has 0 aliphatic rings. The van der Waals surface area contributed by atoms with E-state index in [0.717, 1.165) is 11.3 Å². The number of carbonyl (C=O) groups is 1. The van der Waals surface area contributed by atoms with Crippen LogP contribution in [0.4, 0.5) is 0 Å². The first-order chi connectivity index (χ1) is 8.42. The molecule has 0 saturated carbocycles. The van der Waals surface area contributed by atoms with Crippen LogP contribution in [0, 0.1) is 5.41 Å². The third-order valence-corrected chi connectivity index (χ3v) is 3.04. The largest absolute Gasteiger partial charge is 0.496 e. The second kappa shape index (κ2) is 7.36. The molecule has 1 aromatic carbocycles. The Morgan fingerprint density at radius 2 is 1.95 bits per heavy atom. The topological polar surface area (TPSA) is 55.6 Å². The van der Waals surface area contributed by atoms with Crippen molar-refractivity contribution in [2.75, 3.05) is 20.7 Å². The maximum atomic E-state index is 12.2. The van der Waals surface area contributed by atoms with Gasteiger partial charge in [-0.05, 0) is 19.9 Å². The first-order valence-electron chi connectivity index (χ1n) is 6.00. The fourth-order valence-electron chi connectivity index (χ4n) is 1.76. The minimum atomic E-state index is -0.531. The van der Waals surface area contributed by atoms with Crippen LogP contribution in [0.5, 0.6) is 5.75 Å². The van der Waals surface area contributed by atoms with Gasteiger partial charge in [-0.1, -0.05) is 18.2 Å². The van der Waals surface area contributed by atoms with Gasteiger partial charge in [0.2, 0.25) is 5.91 Å². The van der Waals surface area contributed by atoms with Gasteiger partial charge in [-0.2, -0.15) is 0 Å². The zero-order valence-corrected chi connectivity index (χ0v) is 12.8. The van der Waals surface area contributed by atoms with Gasteiger partial charge in [0.15, 0.2) is 0 Å². The summed E-state index contributed by atoms with van der Waals surface area (Å²) in [4.78, 5) is 13.9. The molecule has 5 heteroatoms. The quantitative estimate of drug-likeness (QED) is 0.901. The zero-order chi connectivity index (χ0) is 13.8. The van der Waals surface area contributed by atoms with Crippen LogP contribution in [0.25, 0.3) is 0 Å². The summed E-state index contributed by atoms with van der Waals surface area (Å²) < 4.78 is 5.28. The molecule has 0 radical (unpaired) electrons. The van der Waals surface area contributed by atoms with E-state index in [-0.39, 0.29) is 18.3 Å². The van der Waals surface area contributed by atoms with Crippen molar-refractivity contribution in [3.05, 3.63) is 29.8 Å². The van der Waals surface area contributed by atoms with E-state index in [0.29, 0.717) is 13.1 Å². The third-order valence-electron chi connectivity index (χ3n) is 3.04. The average Bonchev–Trinajstić information content (AvgIpc) is 2.38. The molecule has 0 fully saturated rings. The lowest BCUT2D eigenvalue weighted by molar-refractivity contribution is -0.139. The summed E-state index contributed by atoms with van der Waals surface area (Å²) in [5, 5.41) is 0. The van der Waals surface area contributed by atoms with Gasteiger partial charge in [0, 0.05) is 25.7 Å². The first-order valence-corrected chi connectivity index (χ1v) is 6.00. The number of amides is 1. The Morgan fingerprint density at radius 3 is 2.47 bits per heavy atom.